The summed E-state index contributed by atoms with van der Waals surface area (Å²) in [7, 11) is 0. The van der Waals surface area contributed by atoms with Crippen LogP contribution in [0, 0.1) is 63.1 Å². The van der Waals surface area contributed by atoms with Gasteiger partial charge in [-0.25, -0.2) is 0 Å². The van der Waals surface area contributed by atoms with Crippen LogP contribution in [0.2, 0.25) is 0 Å². The summed E-state index contributed by atoms with van der Waals surface area (Å²) in [6.07, 6.45) is 4.25. The predicted octanol–water partition coefficient (Wildman–Crippen LogP) is 3.22. The van der Waals surface area contributed by atoms with Crippen molar-refractivity contribution in [2.45, 2.75) is 51.9 Å². The average Bonchev–Trinajstić information content (AvgIpc) is 2.58. The maximum absolute atomic E-state index is 12.0. The Kier molecular flexibility index (Phi) is 11.7. The first kappa shape index (κ1) is 20.4. The minimum atomic E-state index is -0.810. The molecular weight excluding hydrogens is 292 g/mol. The molecule has 0 aromatic carbocycles. The van der Waals surface area contributed by atoms with E-state index >= 15 is 0 Å². The molecule has 0 aliphatic carbocycles. The van der Waals surface area contributed by atoms with E-state index in [4.69, 9.17) is 25.8 Å². The third kappa shape index (κ3) is 9.13. The van der Waals surface area contributed by atoms with Crippen molar-refractivity contribution in [3.05, 3.63) is 0 Å². The molecule has 0 aromatic heterocycles. The molecule has 0 amide bonds. The first-order chi connectivity index (χ1) is 11.1. The lowest BCUT2D eigenvalue weighted by Crippen LogP contribution is -2.21. The van der Waals surface area contributed by atoms with Gasteiger partial charge in [-0.15, -0.1) is 0 Å². The van der Waals surface area contributed by atoms with Gasteiger partial charge in [-0.05, 0) is 25.7 Å². The van der Waals surface area contributed by atoms with Gasteiger partial charge in [-0.1, -0.05) is 26.2 Å². The highest BCUT2D eigenvalue weighted by Crippen LogP contribution is 2.21. The highest BCUT2D eigenvalue weighted by Gasteiger charge is 2.24. The second-order valence-corrected chi connectivity index (χ2v) is 5.36. The first-order valence-corrected chi connectivity index (χ1v) is 7.87. The maximum Gasteiger partial charge on any atom is 0.309 e. The molecule has 0 bridgehead atoms. The molecule has 0 spiro atoms. The summed E-state index contributed by atoms with van der Waals surface area (Å²) in [6.45, 7) is 2.24. The number of unbranched alkanes of at least 4 members (excludes halogenated alkanes) is 2. The van der Waals surface area contributed by atoms with Crippen LogP contribution in [0.5, 0.6) is 0 Å². The molecule has 0 heterocycles. The molecule has 0 aromatic rings. The number of esters is 1. The van der Waals surface area contributed by atoms with E-state index < -0.39 is 17.8 Å². The minimum Gasteiger partial charge on any atom is -0.465 e. The molecule has 6 nitrogen and oxygen atoms in total. The van der Waals surface area contributed by atoms with Gasteiger partial charge in [0.25, 0.3) is 0 Å². The lowest BCUT2D eigenvalue weighted by molar-refractivity contribution is -0.149. The highest BCUT2D eigenvalue weighted by molar-refractivity contribution is 5.72. The van der Waals surface area contributed by atoms with Crippen molar-refractivity contribution < 1.29 is 9.53 Å². The van der Waals surface area contributed by atoms with Gasteiger partial charge in [0.2, 0.25) is 0 Å². The molecule has 1 unspecified atom stereocenters. The number of rotatable bonds is 11. The van der Waals surface area contributed by atoms with Crippen molar-refractivity contribution in [2.24, 2.45) is 17.8 Å². The van der Waals surface area contributed by atoms with Gasteiger partial charge in [0, 0.05) is 0 Å². The molecular formula is C17H22N4O2. The smallest absolute Gasteiger partial charge is 0.309 e. The van der Waals surface area contributed by atoms with Crippen LogP contribution < -0.4 is 0 Å². The number of ether oxygens (including phenoxy) is 1. The summed E-state index contributed by atoms with van der Waals surface area (Å²) >= 11 is 0. The standard InChI is InChI=1S/C17H22N4O2/c1-2-8-23-17(22)16(9-15(12-20)13-21)7-5-3-4-6-14(10-18)11-19/h14-16H,2-9H2,1H3. The molecule has 0 N–H and O–H groups in total. The van der Waals surface area contributed by atoms with E-state index in [2.05, 4.69) is 0 Å². The third-order valence-corrected chi connectivity index (χ3v) is 3.47. The van der Waals surface area contributed by atoms with Gasteiger partial charge in [0.1, 0.15) is 11.8 Å². The van der Waals surface area contributed by atoms with Crippen molar-refractivity contribution in [3.63, 3.8) is 0 Å². The Morgan fingerprint density at radius 2 is 1.48 bits per heavy atom. The summed E-state index contributed by atoms with van der Waals surface area (Å²) in [5.74, 6) is -2.19. The van der Waals surface area contributed by atoms with Crippen LogP contribution in [0.4, 0.5) is 0 Å². The van der Waals surface area contributed by atoms with E-state index in [1.807, 2.05) is 31.2 Å². The fourth-order valence-electron chi connectivity index (χ4n) is 2.15. The molecule has 0 aliphatic heterocycles. The van der Waals surface area contributed by atoms with Crippen molar-refractivity contribution in [3.8, 4) is 24.3 Å². The van der Waals surface area contributed by atoms with Gasteiger partial charge < -0.3 is 4.74 Å². The van der Waals surface area contributed by atoms with E-state index in [9.17, 15) is 4.79 Å². The topological polar surface area (TPSA) is 121 Å². The summed E-state index contributed by atoms with van der Waals surface area (Å²) in [4.78, 5) is 12.0. The Balaban J connectivity index is 4.34. The van der Waals surface area contributed by atoms with Gasteiger partial charge in [-0.2, -0.15) is 21.0 Å². The lowest BCUT2D eigenvalue weighted by Gasteiger charge is -2.16. The van der Waals surface area contributed by atoms with E-state index in [1.54, 1.807) is 0 Å². The molecule has 0 saturated heterocycles. The van der Waals surface area contributed by atoms with Crippen molar-refractivity contribution in [2.75, 3.05) is 6.61 Å². The number of carbonyl (C=O) groups excluding carboxylic acids is 1. The number of nitrogens with zero attached hydrogens (tertiary/aromatic N) is 4. The number of carbonyl (C=O) groups is 1. The molecule has 0 aliphatic rings. The fraction of sp³-hybridized carbons (Fsp3) is 0.706. The van der Waals surface area contributed by atoms with Crippen LogP contribution in [-0.4, -0.2) is 12.6 Å². The van der Waals surface area contributed by atoms with Crippen LogP contribution in [0.1, 0.15) is 51.9 Å². The Hall–Kier alpha value is -2.57. The van der Waals surface area contributed by atoms with E-state index in [0.29, 0.717) is 19.4 Å². The third-order valence-electron chi connectivity index (χ3n) is 3.47. The van der Waals surface area contributed by atoms with Crippen LogP contribution >= 0.6 is 0 Å². The van der Waals surface area contributed by atoms with Crippen molar-refractivity contribution >= 4 is 5.97 Å². The lowest BCUT2D eigenvalue weighted by atomic mass is 9.91. The first-order valence-electron chi connectivity index (χ1n) is 7.87. The normalized spacial score (nSPS) is 11.1. The van der Waals surface area contributed by atoms with E-state index in [1.165, 1.54) is 0 Å². The second-order valence-electron chi connectivity index (χ2n) is 5.36. The van der Waals surface area contributed by atoms with Gasteiger partial charge in [-0.3, -0.25) is 4.79 Å². The molecule has 122 valence electrons. The van der Waals surface area contributed by atoms with E-state index in [0.717, 1.165) is 25.7 Å². The second kappa shape index (κ2) is 13.1. The molecule has 0 rings (SSSR count). The monoisotopic (exact) mass is 314 g/mol. The van der Waals surface area contributed by atoms with Crippen molar-refractivity contribution in [1.82, 2.24) is 0 Å². The minimum absolute atomic E-state index is 0.189. The SMILES string of the molecule is CCCOC(=O)C(CCCCCC(C#N)C#N)CC(C#N)C#N. The molecule has 23 heavy (non-hydrogen) atoms. The summed E-state index contributed by atoms with van der Waals surface area (Å²) in [5.41, 5.74) is 0. The van der Waals surface area contributed by atoms with Gasteiger partial charge >= 0.3 is 5.97 Å². The number of nitriles is 4. The highest BCUT2D eigenvalue weighted by atomic mass is 16.5. The molecule has 1 atom stereocenters. The van der Waals surface area contributed by atoms with Gasteiger partial charge in [0.05, 0.1) is 36.8 Å². The fourth-order valence-corrected chi connectivity index (χ4v) is 2.15. The van der Waals surface area contributed by atoms with E-state index in [-0.39, 0.29) is 12.4 Å². The Labute approximate surface area is 137 Å². The zero-order chi connectivity index (χ0) is 17.5. The predicted molar refractivity (Wildman–Crippen MR) is 81.9 cm³/mol. The van der Waals surface area contributed by atoms with Crippen molar-refractivity contribution in [1.29, 1.82) is 21.0 Å². The largest absolute Gasteiger partial charge is 0.465 e. The summed E-state index contributed by atoms with van der Waals surface area (Å²) in [6, 6.07) is 7.62. The summed E-state index contributed by atoms with van der Waals surface area (Å²) < 4.78 is 5.13. The van der Waals surface area contributed by atoms with Gasteiger partial charge in [0.15, 0.2) is 0 Å². The molecule has 6 heteroatoms. The Morgan fingerprint density at radius 3 is 2.00 bits per heavy atom. The number of hydrogen-bond acceptors (Lipinski definition) is 6. The van der Waals surface area contributed by atoms with Crippen LogP contribution in [-0.2, 0) is 9.53 Å². The van der Waals surface area contributed by atoms with Crippen LogP contribution in [0.3, 0.4) is 0 Å². The Morgan fingerprint density at radius 1 is 0.913 bits per heavy atom. The zero-order valence-corrected chi connectivity index (χ0v) is 13.5. The zero-order valence-electron chi connectivity index (χ0n) is 13.5. The quantitative estimate of drug-likeness (QED) is 0.426. The average molecular weight is 314 g/mol. The molecule has 0 saturated carbocycles. The van der Waals surface area contributed by atoms with Crippen LogP contribution in [0.15, 0.2) is 0 Å². The molecule has 0 radical (unpaired) electrons. The Bertz CT molecular complexity index is 491. The maximum atomic E-state index is 12.0. The summed E-state index contributed by atoms with van der Waals surface area (Å²) in [5, 5.41) is 35.1. The molecule has 0 fully saturated rings. The van der Waals surface area contributed by atoms with Crippen LogP contribution in [0.25, 0.3) is 0 Å². The number of hydrogen-bond donors (Lipinski definition) is 0.